The van der Waals surface area contributed by atoms with Crippen molar-refractivity contribution < 1.29 is 9.53 Å². The zero-order valence-corrected chi connectivity index (χ0v) is 14.2. The van der Waals surface area contributed by atoms with Gasteiger partial charge in [0.05, 0.1) is 7.11 Å². The summed E-state index contributed by atoms with van der Waals surface area (Å²) >= 11 is 0. The Morgan fingerprint density at radius 3 is 2.77 bits per heavy atom. The van der Waals surface area contributed by atoms with Gasteiger partial charge in [-0.2, -0.15) is 0 Å². The highest BCUT2D eigenvalue weighted by Gasteiger charge is 2.12. The molecule has 0 aliphatic heterocycles. The van der Waals surface area contributed by atoms with E-state index in [2.05, 4.69) is 25.7 Å². The molecule has 1 atom stereocenters. The van der Waals surface area contributed by atoms with Crippen molar-refractivity contribution in [2.75, 3.05) is 13.7 Å². The summed E-state index contributed by atoms with van der Waals surface area (Å²) in [6.07, 6.45) is 7.21. The molecule has 22 heavy (non-hydrogen) atoms. The van der Waals surface area contributed by atoms with E-state index in [9.17, 15) is 4.79 Å². The van der Waals surface area contributed by atoms with Crippen LogP contribution in [0.2, 0.25) is 0 Å². The summed E-state index contributed by atoms with van der Waals surface area (Å²) in [4.78, 5) is 12.3. The number of nitrogens with one attached hydrogen (secondary N) is 1. The summed E-state index contributed by atoms with van der Waals surface area (Å²) in [5.41, 5.74) is 1.67. The Hall–Kier alpha value is -1.77. The van der Waals surface area contributed by atoms with Gasteiger partial charge in [0.25, 0.3) is 5.91 Å². The molecule has 1 aromatic rings. The van der Waals surface area contributed by atoms with Crippen molar-refractivity contribution in [2.45, 2.75) is 46.0 Å². The Morgan fingerprint density at radius 1 is 1.41 bits per heavy atom. The fourth-order valence-corrected chi connectivity index (χ4v) is 2.52. The van der Waals surface area contributed by atoms with E-state index in [1.54, 1.807) is 7.11 Å². The molecular formula is C19H29NO2. The largest absolute Gasteiger partial charge is 0.496 e. The third-order valence-electron chi connectivity index (χ3n) is 4.00. The Kier molecular flexibility index (Phi) is 8.34. The third-order valence-corrected chi connectivity index (χ3v) is 4.00. The van der Waals surface area contributed by atoms with Crippen LogP contribution in [0.1, 0.15) is 55.5 Å². The first-order valence-electron chi connectivity index (χ1n) is 8.22. The van der Waals surface area contributed by atoms with Crippen molar-refractivity contribution in [1.82, 2.24) is 5.32 Å². The zero-order valence-electron chi connectivity index (χ0n) is 14.2. The van der Waals surface area contributed by atoms with Gasteiger partial charge in [0.15, 0.2) is 0 Å². The zero-order chi connectivity index (χ0) is 16.4. The number of rotatable bonds is 10. The van der Waals surface area contributed by atoms with E-state index in [-0.39, 0.29) is 5.91 Å². The topological polar surface area (TPSA) is 38.3 Å². The number of unbranched alkanes of at least 4 members (excludes halogenated alkanes) is 1. The van der Waals surface area contributed by atoms with Gasteiger partial charge in [-0.1, -0.05) is 39.2 Å². The van der Waals surface area contributed by atoms with E-state index >= 15 is 0 Å². The molecule has 1 aromatic carbocycles. The van der Waals surface area contributed by atoms with Crippen LogP contribution in [0.5, 0.6) is 5.75 Å². The van der Waals surface area contributed by atoms with Crippen LogP contribution in [0.15, 0.2) is 30.9 Å². The maximum Gasteiger partial charge on any atom is 0.251 e. The van der Waals surface area contributed by atoms with Gasteiger partial charge in [0, 0.05) is 12.1 Å². The Labute approximate surface area is 134 Å². The number of hydrogen-bond acceptors (Lipinski definition) is 2. The summed E-state index contributed by atoms with van der Waals surface area (Å²) in [6, 6.07) is 5.55. The molecule has 122 valence electrons. The number of carbonyl (C=O) groups is 1. The van der Waals surface area contributed by atoms with E-state index in [0.717, 1.165) is 24.3 Å². The van der Waals surface area contributed by atoms with Gasteiger partial charge >= 0.3 is 0 Å². The molecule has 0 unspecified atom stereocenters. The minimum absolute atomic E-state index is 0.0112. The average Bonchev–Trinajstić information content (AvgIpc) is 2.55. The lowest BCUT2D eigenvalue weighted by Gasteiger charge is -2.16. The molecule has 0 bridgehead atoms. The summed E-state index contributed by atoms with van der Waals surface area (Å²) in [5.74, 6) is 1.35. The molecular weight excluding hydrogens is 274 g/mol. The minimum atomic E-state index is -0.0112. The molecule has 1 N–H and O–H groups in total. The molecule has 0 fully saturated rings. The smallest absolute Gasteiger partial charge is 0.251 e. The quantitative estimate of drug-likeness (QED) is 0.652. The molecule has 0 heterocycles. The van der Waals surface area contributed by atoms with Crippen LogP contribution in [0.25, 0.3) is 0 Å². The second-order valence-corrected chi connectivity index (χ2v) is 5.65. The van der Waals surface area contributed by atoms with Crippen LogP contribution in [0, 0.1) is 5.92 Å². The second kappa shape index (κ2) is 10.0. The summed E-state index contributed by atoms with van der Waals surface area (Å²) < 4.78 is 5.31. The highest BCUT2D eigenvalue weighted by Crippen LogP contribution is 2.21. The lowest BCUT2D eigenvalue weighted by Crippen LogP contribution is -2.29. The van der Waals surface area contributed by atoms with Crippen molar-refractivity contribution in [1.29, 1.82) is 0 Å². The molecule has 0 aromatic heterocycles. The summed E-state index contributed by atoms with van der Waals surface area (Å²) in [5, 5.41) is 3.06. The lowest BCUT2D eigenvalue weighted by molar-refractivity contribution is 0.0945. The van der Waals surface area contributed by atoms with Gasteiger partial charge in [-0.25, -0.2) is 0 Å². The van der Waals surface area contributed by atoms with Crippen molar-refractivity contribution in [3.8, 4) is 5.75 Å². The SMILES string of the molecule is C=CCc1cc(C(=O)NC[C@@H](CC)CCCC)ccc1OC. The first-order chi connectivity index (χ1) is 10.7. The van der Waals surface area contributed by atoms with Gasteiger partial charge < -0.3 is 10.1 Å². The second-order valence-electron chi connectivity index (χ2n) is 5.65. The van der Waals surface area contributed by atoms with Crippen molar-refractivity contribution in [3.63, 3.8) is 0 Å². The van der Waals surface area contributed by atoms with E-state index < -0.39 is 0 Å². The van der Waals surface area contributed by atoms with Crippen LogP contribution in [0.3, 0.4) is 0 Å². The van der Waals surface area contributed by atoms with Gasteiger partial charge in [-0.3, -0.25) is 4.79 Å². The molecule has 0 aliphatic rings. The third kappa shape index (κ3) is 5.55. The van der Waals surface area contributed by atoms with Crippen LogP contribution in [-0.2, 0) is 6.42 Å². The van der Waals surface area contributed by atoms with Crippen molar-refractivity contribution in [3.05, 3.63) is 42.0 Å². The van der Waals surface area contributed by atoms with E-state index in [1.807, 2.05) is 24.3 Å². The number of amides is 1. The highest BCUT2D eigenvalue weighted by molar-refractivity contribution is 5.94. The Balaban J connectivity index is 2.68. The molecule has 3 heteroatoms. The van der Waals surface area contributed by atoms with Gasteiger partial charge in [-0.05, 0) is 42.5 Å². The van der Waals surface area contributed by atoms with E-state index in [4.69, 9.17) is 4.74 Å². The van der Waals surface area contributed by atoms with Gasteiger partial charge in [0.1, 0.15) is 5.75 Å². The fraction of sp³-hybridized carbons (Fsp3) is 0.526. The molecule has 0 radical (unpaired) electrons. The molecule has 3 nitrogen and oxygen atoms in total. The standard InChI is InChI=1S/C19H29NO2/c1-5-8-10-15(7-3)14-20-19(21)17-11-12-18(22-4)16(13-17)9-6-2/h6,11-13,15H,2,5,7-10,14H2,1,3-4H3,(H,20,21)/t15-/m0/s1. The van der Waals surface area contributed by atoms with E-state index in [0.29, 0.717) is 17.9 Å². The van der Waals surface area contributed by atoms with Crippen LogP contribution in [0.4, 0.5) is 0 Å². The number of carbonyl (C=O) groups excluding carboxylic acids is 1. The summed E-state index contributed by atoms with van der Waals surface area (Å²) in [7, 11) is 1.64. The van der Waals surface area contributed by atoms with Gasteiger partial charge in [0.2, 0.25) is 0 Å². The minimum Gasteiger partial charge on any atom is -0.496 e. The average molecular weight is 303 g/mol. The normalized spacial score (nSPS) is 11.8. The van der Waals surface area contributed by atoms with Crippen LogP contribution >= 0.6 is 0 Å². The predicted octanol–water partition coefficient (Wildman–Crippen LogP) is 4.37. The lowest BCUT2D eigenvalue weighted by atomic mass is 9.99. The molecule has 1 amide bonds. The number of hydrogen-bond donors (Lipinski definition) is 1. The van der Waals surface area contributed by atoms with Crippen molar-refractivity contribution in [2.24, 2.45) is 5.92 Å². The number of methoxy groups -OCH3 is 1. The van der Waals surface area contributed by atoms with Crippen molar-refractivity contribution >= 4 is 5.91 Å². The first-order valence-corrected chi connectivity index (χ1v) is 8.22. The molecule has 0 aliphatic carbocycles. The number of ether oxygens (including phenoxy) is 1. The van der Waals surface area contributed by atoms with Crippen LogP contribution < -0.4 is 10.1 Å². The molecule has 1 rings (SSSR count). The van der Waals surface area contributed by atoms with E-state index in [1.165, 1.54) is 19.3 Å². The molecule has 0 spiro atoms. The Bertz CT molecular complexity index is 482. The maximum atomic E-state index is 12.3. The fourth-order valence-electron chi connectivity index (χ4n) is 2.52. The summed E-state index contributed by atoms with van der Waals surface area (Å²) in [6.45, 7) is 8.88. The van der Waals surface area contributed by atoms with Crippen LogP contribution in [-0.4, -0.2) is 19.6 Å². The Morgan fingerprint density at radius 2 is 2.18 bits per heavy atom. The number of benzene rings is 1. The molecule has 0 saturated heterocycles. The maximum absolute atomic E-state index is 12.3. The first kappa shape index (κ1) is 18.3. The van der Waals surface area contributed by atoms with Gasteiger partial charge in [-0.15, -0.1) is 6.58 Å². The molecule has 0 saturated carbocycles. The highest BCUT2D eigenvalue weighted by atomic mass is 16.5. The number of allylic oxidation sites excluding steroid dienone is 1. The predicted molar refractivity (Wildman–Crippen MR) is 92.5 cm³/mol. The monoisotopic (exact) mass is 303 g/mol.